The number of nitriles is 1. The number of hydrogen-bond donors (Lipinski definition) is 1. The quantitative estimate of drug-likeness (QED) is 0.766. The van der Waals surface area contributed by atoms with Crippen LogP contribution in [0, 0.1) is 11.3 Å². The first-order chi connectivity index (χ1) is 13.1. The SMILES string of the molecule is CCOc1cc(/C=C2\SC(=O)NC2=O)ccc1OCc1ccccc1C#N. The Morgan fingerprint density at radius 3 is 2.67 bits per heavy atom. The first-order valence-corrected chi connectivity index (χ1v) is 9.05. The Hall–Kier alpha value is -3.24. The highest BCUT2D eigenvalue weighted by atomic mass is 32.2. The number of imide groups is 1. The van der Waals surface area contributed by atoms with Crippen LogP contribution in [0.1, 0.15) is 23.6 Å². The maximum absolute atomic E-state index is 11.7. The highest BCUT2D eigenvalue weighted by molar-refractivity contribution is 8.18. The second-order valence-corrected chi connectivity index (χ2v) is 6.56. The van der Waals surface area contributed by atoms with Crippen LogP contribution in [0.25, 0.3) is 6.08 Å². The number of rotatable bonds is 6. The molecule has 0 unspecified atom stereocenters. The molecule has 0 aromatic heterocycles. The van der Waals surface area contributed by atoms with Crippen molar-refractivity contribution in [3.05, 3.63) is 64.1 Å². The van der Waals surface area contributed by atoms with Gasteiger partial charge in [0.25, 0.3) is 11.1 Å². The predicted octanol–water partition coefficient (Wildman–Crippen LogP) is 3.86. The van der Waals surface area contributed by atoms with Crippen molar-refractivity contribution in [1.29, 1.82) is 5.26 Å². The summed E-state index contributed by atoms with van der Waals surface area (Å²) >= 11 is 0.862. The fourth-order valence-corrected chi connectivity index (χ4v) is 3.17. The molecule has 1 saturated heterocycles. The van der Waals surface area contributed by atoms with E-state index in [4.69, 9.17) is 9.47 Å². The number of nitrogens with one attached hydrogen (secondary N) is 1. The Morgan fingerprint density at radius 1 is 1.15 bits per heavy atom. The van der Waals surface area contributed by atoms with Crippen LogP contribution >= 0.6 is 11.8 Å². The molecule has 0 spiro atoms. The van der Waals surface area contributed by atoms with Crippen molar-refractivity contribution in [2.24, 2.45) is 0 Å². The summed E-state index contributed by atoms with van der Waals surface area (Å²) in [7, 11) is 0. The van der Waals surface area contributed by atoms with Crippen molar-refractivity contribution in [1.82, 2.24) is 5.32 Å². The van der Waals surface area contributed by atoms with Gasteiger partial charge in [-0.3, -0.25) is 14.9 Å². The van der Waals surface area contributed by atoms with Gasteiger partial charge in [0.05, 0.1) is 23.1 Å². The molecule has 0 radical (unpaired) electrons. The molecule has 3 rings (SSSR count). The zero-order valence-corrected chi connectivity index (χ0v) is 15.3. The van der Waals surface area contributed by atoms with E-state index in [0.717, 1.165) is 22.9 Å². The van der Waals surface area contributed by atoms with Crippen LogP contribution in [0.4, 0.5) is 4.79 Å². The van der Waals surface area contributed by atoms with Crippen molar-refractivity contribution in [3.63, 3.8) is 0 Å². The molecule has 0 saturated carbocycles. The minimum Gasteiger partial charge on any atom is -0.490 e. The molecule has 6 nitrogen and oxygen atoms in total. The molecular formula is C20H16N2O4S. The molecule has 1 N–H and O–H groups in total. The zero-order chi connectivity index (χ0) is 19.2. The molecule has 136 valence electrons. The van der Waals surface area contributed by atoms with Crippen molar-refractivity contribution in [2.75, 3.05) is 6.61 Å². The summed E-state index contributed by atoms with van der Waals surface area (Å²) < 4.78 is 11.5. The summed E-state index contributed by atoms with van der Waals surface area (Å²) in [6.45, 7) is 2.54. The lowest BCUT2D eigenvalue weighted by Crippen LogP contribution is -2.17. The lowest BCUT2D eigenvalue weighted by Gasteiger charge is -2.13. The fraction of sp³-hybridized carbons (Fsp3) is 0.150. The fourth-order valence-electron chi connectivity index (χ4n) is 2.49. The van der Waals surface area contributed by atoms with Crippen LogP contribution in [0.15, 0.2) is 47.4 Å². The number of ether oxygens (including phenoxy) is 2. The lowest BCUT2D eigenvalue weighted by atomic mass is 10.1. The molecule has 2 aromatic rings. The van der Waals surface area contributed by atoms with E-state index in [2.05, 4.69) is 11.4 Å². The summed E-state index contributed by atoms with van der Waals surface area (Å²) in [6, 6.07) is 14.6. The van der Waals surface area contributed by atoms with Crippen LogP contribution < -0.4 is 14.8 Å². The van der Waals surface area contributed by atoms with Gasteiger partial charge in [0.2, 0.25) is 0 Å². The minimum atomic E-state index is -0.406. The molecule has 1 aliphatic heterocycles. The molecule has 1 heterocycles. The monoisotopic (exact) mass is 380 g/mol. The predicted molar refractivity (Wildman–Crippen MR) is 102 cm³/mol. The summed E-state index contributed by atoms with van der Waals surface area (Å²) in [4.78, 5) is 23.3. The molecule has 0 aliphatic carbocycles. The standard InChI is InChI=1S/C20H16N2O4S/c1-2-25-17-9-13(10-18-19(23)22-20(24)27-18)7-8-16(17)26-12-15-6-4-3-5-14(15)11-21/h3-10H,2,12H2,1H3,(H,22,23,24)/b18-10-. The second kappa shape index (κ2) is 8.43. The van der Waals surface area contributed by atoms with E-state index >= 15 is 0 Å². The van der Waals surface area contributed by atoms with Gasteiger partial charge in [0.15, 0.2) is 11.5 Å². The number of amides is 2. The van der Waals surface area contributed by atoms with Crippen LogP contribution in [0.3, 0.4) is 0 Å². The van der Waals surface area contributed by atoms with Crippen molar-refractivity contribution >= 4 is 29.0 Å². The van der Waals surface area contributed by atoms with Crippen molar-refractivity contribution in [2.45, 2.75) is 13.5 Å². The van der Waals surface area contributed by atoms with E-state index < -0.39 is 5.91 Å². The molecule has 2 aromatic carbocycles. The van der Waals surface area contributed by atoms with Crippen molar-refractivity contribution in [3.8, 4) is 17.6 Å². The smallest absolute Gasteiger partial charge is 0.290 e. The summed E-state index contributed by atoms with van der Waals surface area (Å²) in [5.41, 5.74) is 2.06. The molecule has 1 fully saturated rings. The third kappa shape index (κ3) is 4.49. The third-order valence-corrected chi connectivity index (χ3v) is 4.54. The Kier molecular flexibility index (Phi) is 5.79. The number of hydrogen-bond acceptors (Lipinski definition) is 6. The van der Waals surface area contributed by atoms with E-state index in [-0.39, 0.29) is 11.8 Å². The van der Waals surface area contributed by atoms with Gasteiger partial charge in [-0.25, -0.2) is 0 Å². The van der Waals surface area contributed by atoms with Gasteiger partial charge in [-0.2, -0.15) is 5.26 Å². The van der Waals surface area contributed by atoms with E-state index in [1.54, 1.807) is 36.4 Å². The number of carbonyl (C=O) groups is 2. The molecule has 0 atom stereocenters. The van der Waals surface area contributed by atoms with E-state index in [9.17, 15) is 14.9 Å². The first-order valence-electron chi connectivity index (χ1n) is 8.23. The topological polar surface area (TPSA) is 88.4 Å². The molecule has 7 heteroatoms. The molecule has 0 bridgehead atoms. The van der Waals surface area contributed by atoms with Gasteiger partial charge < -0.3 is 9.47 Å². The maximum Gasteiger partial charge on any atom is 0.290 e. The Morgan fingerprint density at radius 2 is 1.96 bits per heavy atom. The largest absolute Gasteiger partial charge is 0.490 e. The lowest BCUT2D eigenvalue weighted by molar-refractivity contribution is -0.115. The van der Waals surface area contributed by atoms with Crippen molar-refractivity contribution < 1.29 is 19.1 Å². The number of nitrogens with zero attached hydrogens (tertiary/aromatic N) is 1. The Bertz CT molecular complexity index is 963. The van der Waals surface area contributed by atoms with Gasteiger partial charge in [-0.1, -0.05) is 24.3 Å². The van der Waals surface area contributed by atoms with Crippen LogP contribution in [0.2, 0.25) is 0 Å². The van der Waals surface area contributed by atoms with Crippen LogP contribution in [0.5, 0.6) is 11.5 Å². The van der Waals surface area contributed by atoms with Gasteiger partial charge >= 0.3 is 0 Å². The Balaban J connectivity index is 1.82. The van der Waals surface area contributed by atoms with E-state index in [1.807, 2.05) is 19.1 Å². The van der Waals surface area contributed by atoms with Crippen LogP contribution in [-0.2, 0) is 11.4 Å². The first kappa shape index (κ1) is 18.5. The summed E-state index contributed by atoms with van der Waals surface area (Å²) in [5, 5.41) is 11.0. The average Bonchev–Trinajstić information content (AvgIpc) is 2.98. The average molecular weight is 380 g/mol. The second-order valence-electron chi connectivity index (χ2n) is 5.55. The van der Waals surface area contributed by atoms with Gasteiger partial charge in [0, 0.05) is 5.56 Å². The van der Waals surface area contributed by atoms with E-state index in [0.29, 0.717) is 28.6 Å². The number of carbonyl (C=O) groups excluding carboxylic acids is 2. The number of benzene rings is 2. The van der Waals surface area contributed by atoms with Gasteiger partial charge in [0.1, 0.15) is 6.61 Å². The minimum absolute atomic E-state index is 0.233. The molecule has 2 amide bonds. The highest BCUT2D eigenvalue weighted by Crippen LogP contribution is 2.32. The maximum atomic E-state index is 11.7. The molecule has 27 heavy (non-hydrogen) atoms. The number of thioether (sulfide) groups is 1. The van der Waals surface area contributed by atoms with Gasteiger partial charge in [-0.15, -0.1) is 0 Å². The van der Waals surface area contributed by atoms with E-state index in [1.165, 1.54) is 0 Å². The summed E-state index contributed by atoms with van der Waals surface area (Å²) in [6.07, 6.45) is 1.63. The third-order valence-electron chi connectivity index (χ3n) is 3.73. The highest BCUT2D eigenvalue weighted by Gasteiger charge is 2.25. The Labute approximate surface area is 160 Å². The zero-order valence-electron chi connectivity index (χ0n) is 14.5. The molecular weight excluding hydrogens is 364 g/mol. The van der Waals surface area contributed by atoms with Crippen LogP contribution in [-0.4, -0.2) is 17.8 Å². The summed E-state index contributed by atoms with van der Waals surface area (Å²) in [5.74, 6) is 0.652. The normalized spacial score (nSPS) is 14.7. The molecule has 1 aliphatic rings. The van der Waals surface area contributed by atoms with Gasteiger partial charge in [-0.05, 0) is 48.5 Å².